The largest absolute Gasteiger partial charge is 0.360 e. The molecule has 1 aliphatic carbocycles. The molecule has 4 heterocycles. The summed E-state index contributed by atoms with van der Waals surface area (Å²) in [6.45, 7) is 0.992. The summed E-state index contributed by atoms with van der Waals surface area (Å²) in [5.41, 5.74) is 0.155. The van der Waals surface area contributed by atoms with E-state index in [-0.39, 0.29) is 17.5 Å². The topological polar surface area (TPSA) is 99.1 Å². The first-order chi connectivity index (χ1) is 13.7. The third kappa shape index (κ3) is 3.12. The van der Waals surface area contributed by atoms with Crippen LogP contribution in [0.25, 0.3) is 5.82 Å². The van der Waals surface area contributed by atoms with Gasteiger partial charge in [0.2, 0.25) is 0 Å². The normalized spacial score (nSPS) is 19.3. The summed E-state index contributed by atoms with van der Waals surface area (Å²) < 4.78 is 8.48. The summed E-state index contributed by atoms with van der Waals surface area (Å²) in [5, 5.41) is 8.40. The number of aromatic nitrogens is 5. The van der Waals surface area contributed by atoms with Gasteiger partial charge in [-0.05, 0) is 31.7 Å². The van der Waals surface area contributed by atoms with Gasteiger partial charge < -0.3 is 9.42 Å². The lowest BCUT2D eigenvalue weighted by Crippen LogP contribution is -2.40. The number of carbonyl (C=O) groups is 1. The molecule has 144 valence electrons. The van der Waals surface area contributed by atoms with Crippen molar-refractivity contribution in [2.75, 3.05) is 6.54 Å². The summed E-state index contributed by atoms with van der Waals surface area (Å²) >= 11 is 0. The maximum absolute atomic E-state index is 12.9. The Hall–Kier alpha value is -3.23. The van der Waals surface area contributed by atoms with Crippen LogP contribution in [0, 0.1) is 0 Å². The van der Waals surface area contributed by atoms with Gasteiger partial charge in [-0.3, -0.25) is 14.2 Å². The molecular weight excluding hydrogens is 360 g/mol. The molecule has 9 nitrogen and oxygen atoms in total. The van der Waals surface area contributed by atoms with Gasteiger partial charge in [0.25, 0.3) is 11.5 Å². The van der Waals surface area contributed by atoms with Crippen LogP contribution in [-0.2, 0) is 6.54 Å². The van der Waals surface area contributed by atoms with E-state index >= 15 is 0 Å². The monoisotopic (exact) mass is 380 g/mol. The molecule has 0 spiro atoms. The van der Waals surface area contributed by atoms with Crippen molar-refractivity contribution >= 4 is 5.91 Å². The zero-order chi connectivity index (χ0) is 19.1. The molecule has 28 heavy (non-hydrogen) atoms. The van der Waals surface area contributed by atoms with Crippen molar-refractivity contribution in [2.24, 2.45) is 0 Å². The van der Waals surface area contributed by atoms with Gasteiger partial charge in [-0.15, -0.1) is 0 Å². The smallest absolute Gasteiger partial charge is 0.276 e. The highest BCUT2D eigenvalue weighted by molar-refractivity contribution is 5.92. The molecule has 3 aromatic heterocycles. The van der Waals surface area contributed by atoms with Crippen molar-refractivity contribution in [3.05, 3.63) is 58.7 Å². The Balaban J connectivity index is 1.36. The van der Waals surface area contributed by atoms with Gasteiger partial charge in [0.15, 0.2) is 11.5 Å². The Morgan fingerprint density at radius 1 is 1.25 bits per heavy atom. The van der Waals surface area contributed by atoms with E-state index in [1.165, 1.54) is 10.7 Å². The quantitative estimate of drug-likeness (QED) is 0.667. The van der Waals surface area contributed by atoms with Gasteiger partial charge in [0.05, 0.1) is 12.6 Å². The third-order valence-corrected chi connectivity index (χ3v) is 5.37. The van der Waals surface area contributed by atoms with Gasteiger partial charge in [-0.25, -0.2) is 9.67 Å². The van der Waals surface area contributed by atoms with E-state index in [1.807, 2.05) is 0 Å². The minimum absolute atomic E-state index is 0.100. The lowest BCUT2D eigenvalue weighted by atomic mass is 10.2. The Kier molecular flexibility index (Phi) is 4.07. The Labute approximate surface area is 160 Å². The van der Waals surface area contributed by atoms with Gasteiger partial charge in [-0.2, -0.15) is 5.10 Å². The highest BCUT2D eigenvalue weighted by atomic mass is 16.5. The first kappa shape index (κ1) is 16.9. The van der Waals surface area contributed by atoms with E-state index in [4.69, 9.17) is 4.52 Å². The number of amides is 1. The van der Waals surface area contributed by atoms with E-state index in [2.05, 4.69) is 15.2 Å². The Morgan fingerprint density at radius 2 is 2.14 bits per heavy atom. The SMILES string of the molecule is O=C(c1cc(C2CC2)on1)N1CCCC1Cn1nc(-n2ccnc2)ccc1=O. The lowest BCUT2D eigenvalue weighted by molar-refractivity contribution is 0.0710. The van der Waals surface area contributed by atoms with Crippen LogP contribution in [0.4, 0.5) is 0 Å². The van der Waals surface area contributed by atoms with Crippen LogP contribution in [0.3, 0.4) is 0 Å². The van der Waals surface area contributed by atoms with Crippen molar-refractivity contribution in [2.45, 2.75) is 44.2 Å². The van der Waals surface area contributed by atoms with Crippen molar-refractivity contribution in [1.82, 2.24) is 29.4 Å². The number of nitrogens with zero attached hydrogens (tertiary/aromatic N) is 6. The number of carbonyl (C=O) groups excluding carboxylic acids is 1. The lowest BCUT2D eigenvalue weighted by Gasteiger charge is -2.24. The third-order valence-electron chi connectivity index (χ3n) is 5.37. The Morgan fingerprint density at radius 3 is 2.93 bits per heavy atom. The van der Waals surface area contributed by atoms with Gasteiger partial charge in [0.1, 0.15) is 12.1 Å². The minimum Gasteiger partial charge on any atom is -0.360 e. The molecule has 3 aromatic rings. The van der Waals surface area contributed by atoms with Crippen LogP contribution < -0.4 is 5.56 Å². The van der Waals surface area contributed by atoms with Crippen LogP contribution in [0.5, 0.6) is 0 Å². The molecule has 5 rings (SSSR count). The molecule has 0 aromatic carbocycles. The first-order valence-corrected chi connectivity index (χ1v) is 9.53. The Bertz CT molecular complexity index is 1050. The molecule has 2 aliphatic rings. The van der Waals surface area contributed by atoms with E-state index in [9.17, 15) is 9.59 Å². The molecule has 9 heteroatoms. The minimum atomic E-state index is -0.194. The van der Waals surface area contributed by atoms with E-state index in [0.717, 1.165) is 31.4 Å². The van der Waals surface area contributed by atoms with Crippen molar-refractivity contribution < 1.29 is 9.32 Å². The standard InChI is InChI=1S/C19H20N6O3/c26-18-6-5-17(23-9-7-20-12-23)21-25(18)11-14-2-1-8-24(14)19(27)15-10-16(28-22-15)13-3-4-13/h5-7,9-10,12-14H,1-4,8,11H2. The maximum atomic E-state index is 12.9. The summed E-state index contributed by atoms with van der Waals surface area (Å²) in [5.74, 6) is 1.68. The maximum Gasteiger partial charge on any atom is 0.276 e. The summed E-state index contributed by atoms with van der Waals surface area (Å²) in [4.78, 5) is 31.0. The van der Waals surface area contributed by atoms with Crippen LogP contribution in [0.15, 0.2) is 46.2 Å². The van der Waals surface area contributed by atoms with Crippen molar-refractivity contribution in [3.8, 4) is 5.82 Å². The molecule has 0 N–H and O–H groups in total. The average molecular weight is 380 g/mol. The zero-order valence-corrected chi connectivity index (χ0v) is 15.3. The molecule has 1 saturated carbocycles. The van der Waals surface area contributed by atoms with Crippen molar-refractivity contribution in [3.63, 3.8) is 0 Å². The fraction of sp³-hybridized carbons (Fsp3) is 0.421. The number of hydrogen-bond donors (Lipinski definition) is 0. The number of rotatable bonds is 5. The van der Waals surface area contributed by atoms with E-state index in [1.54, 1.807) is 40.3 Å². The molecule has 1 unspecified atom stereocenters. The molecule has 1 atom stereocenters. The number of hydrogen-bond acceptors (Lipinski definition) is 6. The van der Waals surface area contributed by atoms with Crippen LogP contribution in [0.1, 0.15) is 47.8 Å². The second-order valence-electron chi connectivity index (χ2n) is 7.37. The summed E-state index contributed by atoms with van der Waals surface area (Å²) in [7, 11) is 0. The van der Waals surface area contributed by atoms with E-state index in [0.29, 0.717) is 30.5 Å². The number of imidazole rings is 1. The predicted molar refractivity (Wildman–Crippen MR) is 98.2 cm³/mol. The molecule has 1 saturated heterocycles. The zero-order valence-electron chi connectivity index (χ0n) is 15.3. The second kappa shape index (κ2) is 6.74. The fourth-order valence-corrected chi connectivity index (χ4v) is 3.69. The van der Waals surface area contributed by atoms with Crippen LogP contribution in [0.2, 0.25) is 0 Å². The highest BCUT2D eigenvalue weighted by Gasteiger charge is 2.34. The molecule has 2 fully saturated rings. The van der Waals surface area contributed by atoms with Gasteiger partial charge in [0, 0.05) is 37.0 Å². The van der Waals surface area contributed by atoms with Gasteiger partial charge in [-0.1, -0.05) is 5.16 Å². The second-order valence-corrected chi connectivity index (χ2v) is 7.37. The highest BCUT2D eigenvalue weighted by Crippen LogP contribution is 2.40. The molecule has 1 amide bonds. The predicted octanol–water partition coefficient (Wildman–Crippen LogP) is 1.60. The molecule has 1 aliphatic heterocycles. The molecule has 0 bridgehead atoms. The summed E-state index contributed by atoms with van der Waals surface area (Å²) in [6.07, 6.45) is 8.95. The first-order valence-electron chi connectivity index (χ1n) is 9.53. The fourth-order valence-electron chi connectivity index (χ4n) is 3.69. The van der Waals surface area contributed by atoms with Gasteiger partial charge >= 0.3 is 0 Å². The average Bonchev–Trinajstić information content (AvgIpc) is 3.13. The van der Waals surface area contributed by atoms with Crippen molar-refractivity contribution in [1.29, 1.82) is 0 Å². The summed E-state index contributed by atoms with van der Waals surface area (Å²) in [6, 6.07) is 4.81. The van der Waals surface area contributed by atoms with Crippen LogP contribution >= 0.6 is 0 Å². The molecule has 0 radical (unpaired) electrons. The molecular formula is C19H20N6O3. The van der Waals surface area contributed by atoms with E-state index < -0.39 is 0 Å². The van der Waals surface area contributed by atoms with Crippen LogP contribution in [-0.4, -0.2) is 47.9 Å². The number of likely N-dealkylation sites (tertiary alicyclic amines) is 1.